The van der Waals surface area contributed by atoms with Crippen LogP contribution in [0.2, 0.25) is 0 Å². The Labute approximate surface area is 130 Å². The van der Waals surface area contributed by atoms with Crippen molar-refractivity contribution >= 4 is 23.7 Å². The molecule has 0 spiro atoms. The monoisotopic (exact) mass is 320 g/mol. The molecule has 2 heterocycles. The molecular formula is C15H13FN2O5. The first-order valence-electron chi connectivity index (χ1n) is 7.05. The van der Waals surface area contributed by atoms with Crippen molar-refractivity contribution < 1.29 is 28.7 Å². The number of hydrogen-bond acceptors (Lipinski definition) is 4. The summed E-state index contributed by atoms with van der Waals surface area (Å²) < 4.78 is 14.4. The van der Waals surface area contributed by atoms with E-state index in [1.165, 1.54) is 17.0 Å². The second kappa shape index (κ2) is 5.45. The first kappa shape index (κ1) is 15.1. The predicted molar refractivity (Wildman–Crippen MR) is 73.8 cm³/mol. The molecule has 0 aliphatic carbocycles. The van der Waals surface area contributed by atoms with Gasteiger partial charge in [0.15, 0.2) is 0 Å². The van der Waals surface area contributed by atoms with Gasteiger partial charge >= 0.3 is 5.97 Å². The van der Waals surface area contributed by atoms with Crippen LogP contribution in [0, 0.1) is 5.82 Å². The predicted octanol–water partition coefficient (Wildman–Crippen LogP) is 0.214. The number of benzene rings is 1. The lowest BCUT2D eigenvalue weighted by Crippen LogP contribution is -2.52. The Hall–Kier alpha value is -2.77. The molecule has 2 N–H and O–H groups in total. The highest BCUT2D eigenvalue weighted by Gasteiger charge is 2.40. The van der Waals surface area contributed by atoms with Crippen LogP contribution in [-0.4, -0.2) is 39.7 Å². The normalized spacial score (nSPS) is 20.5. The summed E-state index contributed by atoms with van der Waals surface area (Å²) in [4.78, 5) is 47.5. The summed E-state index contributed by atoms with van der Waals surface area (Å²) in [6.45, 7) is 0.0602. The molecule has 23 heavy (non-hydrogen) atoms. The number of fused-ring (bicyclic) bond motifs is 1. The van der Waals surface area contributed by atoms with E-state index in [2.05, 4.69) is 5.32 Å². The van der Waals surface area contributed by atoms with E-state index in [4.69, 9.17) is 5.11 Å². The van der Waals surface area contributed by atoms with Gasteiger partial charge in [-0.2, -0.15) is 0 Å². The van der Waals surface area contributed by atoms with Gasteiger partial charge < -0.3 is 10.0 Å². The fraction of sp³-hybridized carbons (Fsp3) is 0.333. The largest absolute Gasteiger partial charge is 0.481 e. The summed E-state index contributed by atoms with van der Waals surface area (Å²) in [6.07, 6.45) is -0.220. The lowest BCUT2D eigenvalue weighted by Gasteiger charge is -2.29. The fourth-order valence-corrected chi connectivity index (χ4v) is 2.95. The molecule has 1 aromatic rings. The number of imide groups is 1. The molecule has 1 atom stereocenters. The van der Waals surface area contributed by atoms with E-state index < -0.39 is 42.0 Å². The number of rotatable bonds is 3. The molecule has 1 aromatic carbocycles. The number of carbonyl (C=O) groups excluding carboxylic acids is 3. The minimum atomic E-state index is -1.20. The van der Waals surface area contributed by atoms with Crippen LogP contribution >= 0.6 is 0 Å². The lowest BCUT2D eigenvalue weighted by atomic mass is 10.0. The van der Waals surface area contributed by atoms with Gasteiger partial charge in [0.1, 0.15) is 11.9 Å². The van der Waals surface area contributed by atoms with Gasteiger partial charge in [0.25, 0.3) is 5.91 Å². The Balaban J connectivity index is 1.90. The minimum Gasteiger partial charge on any atom is -0.481 e. The van der Waals surface area contributed by atoms with Crippen molar-refractivity contribution in [1.82, 2.24) is 10.2 Å². The number of aliphatic carboxylic acids is 1. The van der Waals surface area contributed by atoms with Crippen LogP contribution in [0.5, 0.6) is 0 Å². The Kier molecular flexibility index (Phi) is 3.59. The number of nitrogens with one attached hydrogen (secondary N) is 1. The Bertz CT molecular complexity index is 746. The smallest absolute Gasteiger partial charge is 0.307 e. The van der Waals surface area contributed by atoms with E-state index in [1.54, 1.807) is 0 Å². The quantitative estimate of drug-likeness (QED) is 0.775. The standard InChI is InChI=1S/C15H13FN2O5/c16-13-7(5-11(20)21)1-2-8-6-18(15(23)12(8)13)9-3-4-10(19)17-14(9)22/h1-2,9H,3-6H2,(H,20,21)(H,17,19,22). The van der Waals surface area contributed by atoms with Crippen LogP contribution in [0.4, 0.5) is 4.39 Å². The van der Waals surface area contributed by atoms with Crippen LogP contribution in [0.15, 0.2) is 12.1 Å². The van der Waals surface area contributed by atoms with Crippen molar-refractivity contribution in [2.24, 2.45) is 0 Å². The molecule has 7 nitrogen and oxygen atoms in total. The molecule has 120 valence electrons. The third-order valence-corrected chi connectivity index (χ3v) is 4.05. The van der Waals surface area contributed by atoms with Gasteiger partial charge in [-0.3, -0.25) is 24.5 Å². The third-order valence-electron chi connectivity index (χ3n) is 4.05. The maximum atomic E-state index is 14.4. The second-order valence-corrected chi connectivity index (χ2v) is 5.54. The van der Waals surface area contributed by atoms with E-state index in [1.807, 2.05) is 0 Å². The van der Waals surface area contributed by atoms with Crippen molar-refractivity contribution in [3.63, 3.8) is 0 Å². The average molecular weight is 320 g/mol. The van der Waals surface area contributed by atoms with E-state index >= 15 is 0 Å². The lowest BCUT2D eigenvalue weighted by molar-refractivity contribution is -0.137. The Morgan fingerprint density at radius 1 is 1.35 bits per heavy atom. The van der Waals surface area contributed by atoms with Crippen molar-refractivity contribution in [2.75, 3.05) is 0 Å². The fourth-order valence-electron chi connectivity index (χ4n) is 2.95. The van der Waals surface area contributed by atoms with E-state index in [9.17, 15) is 23.6 Å². The summed E-state index contributed by atoms with van der Waals surface area (Å²) in [7, 11) is 0. The van der Waals surface area contributed by atoms with Gasteiger partial charge in [-0.1, -0.05) is 12.1 Å². The van der Waals surface area contributed by atoms with Gasteiger partial charge in [0.05, 0.1) is 12.0 Å². The summed E-state index contributed by atoms with van der Waals surface area (Å²) in [6, 6.07) is 2.01. The van der Waals surface area contributed by atoms with Crippen molar-refractivity contribution in [2.45, 2.75) is 31.8 Å². The number of carboxylic acids is 1. The van der Waals surface area contributed by atoms with Crippen LogP contribution in [0.25, 0.3) is 0 Å². The first-order chi connectivity index (χ1) is 10.9. The molecule has 3 amide bonds. The van der Waals surface area contributed by atoms with E-state index in [0.29, 0.717) is 5.56 Å². The Morgan fingerprint density at radius 3 is 2.74 bits per heavy atom. The van der Waals surface area contributed by atoms with Gasteiger partial charge in [0.2, 0.25) is 11.8 Å². The molecule has 1 unspecified atom stereocenters. The molecule has 1 saturated heterocycles. The minimum absolute atomic E-state index is 0.0602. The summed E-state index contributed by atoms with van der Waals surface area (Å²) in [5, 5.41) is 10.9. The average Bonchev–Trinajstić information content (AvgIpc) is 2.79. The SMILES string of the molecule is O=C(O)Cc1ccc2c(c1F)C(=O)N(C1CCC(=O)NC1=O)C2. The number of carbonyl (C=O) groups is 4. The molecule has 1 fully saturated rings. The number of amides is 3. The summed E-state index contributed by atoms with van der Waals surface area (Å²) in [5.41, 5.74) is 0.148. The molecule has 8 heteroatoms. The molecular weight excluding hydrogens is 307 g/mol. The highest BCUT2D eigenvalue weighted by atomic mass is 19.1. The number of halogens is 1. The molecule has 2 aliphatic heterocycles. The molecule has 3 rings (SSSR count). The first-order valence-corrected chi connectivity index (χ1v) is 7.05. The highest BCUT2D eigenvalue weighted by molar-refractivity contribution is 6.05. The number of piperidine rings is 1. The van der Waals surface area contributed by atoms with Crippen molar-refractivity contribution in [1.29, 1.82) is 0 Å². The Morgan fingerprint density at radius 2 is 2.09 bits per heavy atom. The second-order valence-electron chi connectivity index (χ2n) is 5.54. The molecule has 2 aliphatic rings. The van der Waals surface area contributed by atoms with Crippen LogP contribution in [-0.2, 0) is 27.3 Å². The van der Waals surface area contributed by atoms with Crippen molar-refractivity contribution in [3.8, 4) is 0 Å². The zero-order chi connectivity index (χ0) is 16.7. The van der Waals surface area contributed by atoms with Gasteiger partial charge in [-0.25, -0.2) is 4.39 Å². The van der Waals surface area contributed by atoms with Gasteiger partial charge in [0, 0.05) is 13.0 Å². The maximum absolute atomic E-state index is 14.4. The molecule has 0 saturated carbocycles. The zero-order valence-electron chi connectivity index (χ0n) is 12.0. The summed E-state index contributed by atoms with van der Waals surface area (Å²) >= 11 is 0. The number of hydrogen-bond donors (Lipinski definition) is 2. The summed E-state index contributed by atoms with van der Waals surface area (Å²) in [5.74, 6) is -3.68. The van der Waals surface area contributed by atoms with Crippen molar-refractivity contribution in [3.05, 3.63) is 34.6 Å². The van der Waals surface area contributed by atoms with E-state index in [0.717, 1.165) is 0 Å². The van der Waals surface area contributed by atoms with Crippen LogP contribution in [0.1, 0.15) is 34.3 Å². The van der Waals surface area contributed by atoms with Crippen LogP contribution < -0.4 is 5.32 Å². The van der Waals surface area contributed by atoms with Crippen LogP contribution in [0.3, 0.4) is 0 Å². The zero-order valence-corrected chi connectivity index (χ0v) is 12.0. The highest BCUT2D eigenvalue weighted by Crippen LogP contribution is 2.30. The topological polar surface area (TPSA) is 104 Å². The van der Waals surface area contributed by atoms with Gasteiger partial charge in [-0.05, 0) is 17.5 Å². The molecule has 0 bridgehead atoms. The molecule has 0 radical (unpaired) electrons. The van der Waals surface area contributed by atoms with Gasteiger partial charge in [-0.15, -0.1) is 0 Å². The number of nitrogens with zero attached hydrogens (tertiary/aromatic N) is 1. The third kappa shape index (κ3) is 2.56. The number of carboxylic acid groups (broad SMARTS) is 1. The molecule has 0 aromatic heterocycles. The van der Waals surface area contributed by atoms with E-state index in [-0.39, 0.29) is 30.5 Å². The maximum Gasteiger partial charge on any atom is 0.307 e.